The van der Waals surface area contributed by atoms with Crippen LogP contribution in [0, 0.1) is 0 Å². The quantitative estimate of drug-likeness (QED) is 0.521. The van der Waals surface area contributed by atoms with Crippen LogP contribution in [0.1, 0.15) is 64.2 Å². The van der Waals surface area contributed by atoms with E-state index in [-0.39, 0.29) is 0 Å². The van der Waals surface area contributed by atoms with E-state index in [1.807, 2.05) is 0 Å². The summed E-state index contributed by atoms with van der Waals surface area (Å²) in [6, 6.07) is 0. The number of hydrogen-bond acceptors (Lipinski definition) is 1. The molecule has 1 saturated heterocycles. The van der Waals surface area contributed by atoms with Crippen molar-refractivity contribution in [2.45, 2.75) is 76.4 Å². The minimum Gasteiger partial charge on any atom is -0.370 e. The van der Waals surface area contributed by atoms with Crippen LogP contribution in [0.15, 0.2) is 0 Å². The molecule has 1 aliphatic heterocycles. The summed E-state index contributed by atoms with van der Waals surface area (Å²) in [5, 5.41) is 0. The highest BCUT2D eigenvalue weighted by Gasteiger charge is 2.36. The van der Waals surface area contributed by atoms with Crippen LogP contribution in [0.3, 0.4) is 0 Å². The summed E-state index contributed by atoms with van der Waals surface area (Å²) in [5.74, 6) is 0. The average molecular weight is 182 g/mol. The van der Waals surface area contributed by atoms with Gasteiger partial charge in [-0.2, -0.15) is 0 Å². The first kappa shape index (κ1) is 9.51. The van der Waals surface area contributed by atoms with Gasteiger partial charge in [0.2, 0.25) is 0 Å². The van der Waals surface area contributed by atoms with Gasteiger partial charge in [-0.3, -0.25) is 0 Å². The second kappa shape index (κ2) is 4.99. The molecule has 2 fully saturated rings. The topological polar surface area (TPSA) is 12.5 Å². The maximum Gasteiger partial charge on any atom is 0.0841 e. The van der Waals surface area contributed by atoms with E-state index >= 15 is 0 Å². The fourth-order valence-corrected chi connectivity index (χ4v) is 2.44. The van der Waals surface area contributed by atoms with Crippen molar-refractivity contribution in [3.8, 4) is 0 Å². The zero-order valence-electron chi connectivity index (χ0n) is 8.63. The summed E-state index contributed by atoms with van der Waals surface area (Å²) in [6.45, 7) is 0. The first-order chi connectivity index (χ1) is 6.47. The monoisotopic (exact) mass is 182 g/mol. The van der Waals surface area contributed by atoms with Crippen molar-refractivity contribution >= 4 is 0 Å². The van der Waals surface area contributed by atoms with Gasteiger partial charge in [-0.05, 0) is 12.8 Å². The molecule has 1 saturated carbocycles. The van der Waals surface area contributed by atoms with E-state index in [0.29, 0.717) is 12.2 Å². The predicted octanol–water partition coefficient (Wildman–Crippen LogP) is 3.67. The number of epoxide rings is 1. The van der Waals surface area contributed by atoms with Gasteiger partial charge in [0.1, 0.15) is 0 Å². The van der Waals surface area contributed by atoms with Crippen molar-refractivity contribution in [1.29, 1.82) is 0 Å². The average Bonchev–Trinajstić information content (AvgIpc) is 2.83. The van der Waals surface area contributed by atoms with Gasteiger partial charge < -0.3 is 4.74 Å². The number of fused-ring (bicyclic) bond motifs is 1. The van der Waals surface area contributed by atoms with Crippen LogP contribution in [0.2, 0.25) is 0 Å². The first-order valence-corrected chi connectivity index (χ1v) is 6.12. The molecule has 1 heteroatoms. The molecule has 0 amide bonds. The second-order valence-electron chi connectivity index (χ2n) is 4.62. The SMILES string of the molecule is C1CCCCC[C@@H]2O[C@H]2CCCC1. The molecule has 0 aromatic carbocycles. The fraction of sp³-hybridized carbons (Fsp3) is 1.00. The first-order valence-electron chi connectivity index (χ1n) is 6.12. The molecule has 1 nitrogen and oxygen atoms in total. The summed E-state index contributed by atoms with van der Waals surface area (Å²) in [5.41, 5.74) is 0. The van der Waals surface area contributed by atoms with Gasteiger partial charge in [0.15, 0.2) is 0 Å². The molecule has 2 rings (SSSR count). The highest BCUT2D eigenvalue weighted by Crippen LogP contribution is 2.32. The Labute approximate surface area is 81.9 Å². The van der Waals surface area contributed by atoms with Crippen molar-refractivity contribution in [1.82, 2.24) is 0 Å². The third kappa shape index (κ3) is 3.30. The Morgan fingerprint density at radius 1 is 0.538 bits per heavy atom. The van der Waals surface area contributed by atoms with Gasteiger partial charge in [-0.25, -0.2) is 0 Å². The van der Waals surface area contributed by atoms with Gasteiger partial charge in [-0.1, -0.05) is 51.4 Å². The Balaban J connectivity index is 1.66. The van der Waals surface area contributed by atoms with E-state index in [1.165, 1.54) is 64.2 Å². The minimum atomic E-state index is 0.666. The fourth-order valence-electron chi connectivity index (χ4n) is 2.44. The highest BCUT2D eigenvalue weighted by molar-refractivity contribution is 4.84. The molecule has 1 aliphatic carbocycles. The van der Waals surface area contributed by atoms with Crippen molar-refractivity contribution < 1.29 is 4.74 Å². The summed E-state index contributed by atoms with van der Waals surface area (Å²) in [4.78, 5) is 0. The molecular weight excluding hydrogens is 160 g/mol. The van der Waals surface area contributed by atoms with Gasteiger partial charge in [0, 0.05) is 0 Å². The number of hydrogen-bond donors (Lipinski definition) is 0. The number of rotatable bonds is 0. The van der Waals surface area contributed by atoms with E-state index in [9.17, 15) is 0 Å². The van der Waals surface area contributed by atoms with Crippen molar-refractivity contribution in [3.63, 3.8) is 0 Å². The molecule has 0 bridgehead atoms. The van der Waals surface area contributed by atoms with Gasteiger partial charge in [0.25, 0.3) is 0 Å². The molecule has 2 aliphatic rings. The van der Waals surface area contributed by atoms with Crippen molar-refractivity contribution in [2.75, 3.05) is 0 Å². The summed E-state index contributed by atoms with van der Waals surface area (Å²) < 4.78 is 5.63. The van der Waals surface area contributed by atoms with E-state index in [0.717, 1.165) is 0 Å². The van der Waals surface area contributed by atoms with Gasteiger partial charge >= 0.3 is 0 Å². The van der Waals surface area contributed by atoms with Gasteiger partial charge in [0.05, 0.1) is 12.2 Å². The molecule has 0 unspecified atom stereocenters. The van der Waals surface area contributed by atoms with Crippen LogP contribution in [0.25, 0.3) is 0 Å². The second-order valence-corrected chi connectivity index (χ2v) is 4.62. The minimum absolute atomic E-state index is 0.666. The molecule has 0 radical (unpaired) electrons. The Morgan fingerprint density at radius 3 is 1.38 bits per heavy atom. The summed E-state index contributed by atoms with van der Waals surface area (Å²) >= 11 is 0. The molecule has 0 aromatic heterocycles. The molecule has 76 valence electrons. The third-order valence-electron chi connectivity index (χ3n) is 3.41. The van der Waals surface area contributed by atoms with Crippen LogP contribution in [0.4, 0.5) is 0 Å². The zero-order valence-corrected chi connectivity index (χ0v) is 8.63. The molecule has 13 heavy (non-hydrogen) atoms. The zero-order chi connectivity index (χ0) is 8.93. The summed E-state index contributed by atoms with van der Waals surface area (Å²) in [7, 11) is 0. The standard InChI is InChI=1S/C12H22O/c1-2-4-6-8-10-12-11(13-12)9-7-5-3-1/h11-12H,1-10H2/t11-,12-/m0/s1. The number of ether oxygens (including phenoxy) is 1. The molecular formula is C12H22O. The lowest BCUT2D eigenvalue weighted by Crippen LogP contribution is -1.95. The largest absolute Gasteiger partial charge is 0.370 e. The molecule has 0 spiro atoms. The third-order valence-corrected chi connectivity index (χ3v) is 3.41. The van der Waals surface area contributed by atoms with Crippen molar-refractivity contribution in [2.24, 2.45) is 0 Å². The molecule has 2 atom stereocenters. The predicted molar refractivity (Wildman–Crippen MR) is 54.8 cm³/mol. The maximum atomic E-state index is 5.63. The highest BCUT2D eigenvalue weighted by atomic mass is 16.6. The Kier molecular flexibility index (Phi) is 3.65. The van der Waals surface area contributed by atoms with E-state index in [2.05, 4.69) is 0 Å². The molecule has 1 heterocycles. The molecule has 0 aromatic rings. The van der Waals surface area contributed by atoms with Crippen LogP contribution >= 0.6 is 0 Å². The lowest BCUT2D eigenvalue weighted by atomic mass is 10.0. The van der Waals surface area contributed by atoms with Crippen molar-refractivity contribution in [3.05, 3.63) is 0 Å². The lowest BCUT2D eigenvalue weighted by Gasteiger charge is -2.03. The summed E-state index contributed by atoms with van der Waals surface area (Å²) in [6.07, 6.45) is 15.5. The Morgan fingerprint density at radius 2 is 0.923 bits per heavy atom. The Bertz CT molecular complexity index is 128. The lowest BCUT2D eigenvalue weighted by molar-refractivity contribution is 0.349. The van der Waals surface area contributed by atoms with E-state index in [4.69, 9.17) is 4.74 Å². The van der Waals surface area contributed by atoms with Crippen LogP contribution < -0.4 is 0 Å². The van der Waals surface area contributed by atoms with Crippen LogP contribution in [-0.2, 0) is 4.74 Å². The smallest absolute Gasteiger partial charge is 0.0841 e. The van der Waals surface area contributed by atoms with E-state index in [1.54, 1.807) is 0 Å². The Hall–Kier alpha value is -0.0400. The molecule has 0 N–H and O–H groups in total. The normalized spacial score (nSPS) is 36.9. The van der Waals surface area contributed by atoms with E-state index < -0.39 is 0 Å². The van der Waals surface area contributed by atoms with Crippen LogP contribution in [0.5, 0.6) is 0 Å². The van der Waals surface area contributed by atoms with Crippen LogP contribution in [-0.4, -0.2) is 12.2 Å². The van der Waals surface area contributed by atoms with Gasteiger partial charge in [-0.15, -0.1) is 0 Å². The maximum absolute atomic E-state index is 5.63.